The SMILES string of the molecule is COCCCN(Cc1ccccn1)C(=O)c1cc2cc(F)ccc2[nH]1. The van der Waals surface area contributed by atoms with Gasteiger partial charge in [-0.15, -0.1) is 0 Å². The lowest BCUT2D eigenvalue weighted by atomic mass is 10.2. The molecule has 0 saturated carbocycles. The summed E-state index contributed by atoms with van der Waals surface area (Å²) in [6.45, 7) is 1.53. The molecule has 0 spiro atoms. The molecule has 0 radical (unpaired) electrons. The maximum absolute atomic E-state index is 13.4. The third-order valence-corrected chi connectivity index (χ3v) is 3.96. The number of ether oxygens (including phenoxy) is 1. The number of hydrogen-bond acceptors (Lipinski definition) is 3. The summed E-state index contributed by atoms with van der Waals surface area (Å²) in [7, 11) is 1.64. The van der Waals surface area contributed by atoms with Crippen molar-refractivity contribution in [2.45, 2.75) is 13.0 Å². The van der Waals surface area contributed by atoms with E-state index in [2.05, 4.69) is 9.97 Å². The van der Waals surface area contributed by atoms with E-state index in [9.17, 15) is 9.18 Å². The molecule has 0 unspecified atom stereocenters. The lowest BCUT2D eigenvalue weighted by molar-refractivity contribution is 0.0716. The number of fused-ring (bicyclic) bond motifs is 1. The number of hydrogen-bond donors (Lipinski definition) is 1. The molecule has 25 heavy (non-hydrogen) atoms. The second-order valence-electron chi connectivity index (χ2n) is 5.81. The maximum atomic E-state index is 13.4. The molecule has 1 amide bonds. The topological polar surface area (TPSA) is 58.2 Å². The molecule has 3 aromatic rings. The van der Waals surface area contributed by atoms with Crippen LogP contribution in [0.3, 0.4) is 0 Å². The lowest BCUT2D eigenvalue weighted by Gasteiger charge is -2.21. The van der Waals surface area contributed by atoms with Crippen molar-refractivity contribution >= 4 is 16.8 Å². The largest absolute Gasteiger partial charge is 0.385 e. The lowest BCUT2D eigenvalue weighted by Crippen LogP contribution is -2.32. The van der Waals surface area contributed by atoms with Crippen LogP contribution in [0.4, 0.5) is 4.39 Å². The van der Waals surface area contributed by atoms with Gasteiger partial charge in [0, 0.05) is 37.4 Å². The molecular weight excluding hydrogens is 321 g/mol. The number of nitrogens with zero attached hydrogens (tertiary/aromatic N) is 2. The van der Waals surface area contributed by atoms with Crippen LogP contribution in [0, 0.1) is 5.82 Å². The van der Waals surface area contributed by atoms with Crippen molar-refractivity contribution in [3.63, 3.8) is 0 Å². The Hall–Kier alpha value is -2.73. The van der Waals surface area contributed by atoms with E-state index in [1.807, 2.05) is 18.2 Å². The second-order valence-corrected chi connectivity index (χ2v) is 5.81. The first-order valence-corrected chi connectivity index (χ1v) is 8.14. The van der Waals surface area contributed by atoms with E-state index in [4.69, 9.17) is 4.74 Å². The zero-order chi connectivity index (χ0) is 17.6. The van der Waals surface area contributed by atoms with E-state index >= 15 is 0 Å². The number of benzene rings is 1. The molecule has 1 N–H and O–H groups in total. The molecule has 1 aromatic carbocycles. The number of carbonyl (C=O) groups is 1. The van der Waals surface area contributed by atoms with E-state index in [0.717, 1.165) is 17.6 Å². The Balaban J connectivity index is 1.83. The summed E-state index contributed by atoms with van der Waals surface area (Å²) in [4.78, 5) is 22.0. The average Bonchev–Trinajstić information content (AvgIpc) is 3.04. The molecule has 0 aliphatic heterocycles. The van der Waals surface area contributed by atoms with Gasteiger partial charge in [0.2, 0.25) is 0 Å². The fraction of sp³-hybridized carbons (Fsp3) is 0.263. The maximum Gasteiger partial charge on any atom is 0.270 e. The number of nitrogens with one attached hydrogen (secondary N) is 1. The van der Waals surface area contributed by atoms with Crippen LogP contribution in [0.25, 0.3) is 10.9 Å². The molecule has 0 atom stereocenters. The molecule has 0 aliphatic rings. The van der Waals surface area contributed by atoms with Gasteiger partial charge in [0.15, 0.2) is 0 Å². The number of amides is 1. The molecular formula is C19H20FN3O2. The van der Waals surface area contributed by atoms with Crippen molar-refractivity contribution < 1.29 is 13.9 Å². The first-order valence-electron chi connectivity index (χ1n) is 8.14. The zero-order valence-corrected chi connectivity index (χ0v) is 14.0. The number of H-pyrrole nitrogens is 1. The van der Waals surface area contributed by atoms with Crippen LogP contribution in [0.2, 0.25) is 0 Å². The fourth-order valence-electron chi connectivity index (χ4n) is 2.73. The number of rotatable bonds is 7. The predicted molar refractivity (Wildman–Crippen MR) is 93.7 cm³/mol. The Morgan fingerprint density at radius 1 is 1.28 bits per heavy atom. The summed E-state index contributed by atoms with van der Waals surface area (Å²) in [6, 6.07) is 11.7. The summed E-state index contributed by atoms with van der Waals surface area (Å²) < 4.78 is 18.5. The number of carbonyl (C=O) groups excluding carboxylic acids is 1. The van der Waals surface area contributed by atoms with Crippen LogP contribution in [0.15, 0.2) is 48.7 Å². The van der Waals surface area contributed by atoms with Crippen molar-refractivity contribution in [2.75, 3.05) is 20.3 Å². The monoisotopic (exact) mass is 341 g/mol. The van der Waals surface area contributed by atoms with Gasteiger partial charge in [-0.2, -0.15) is 0 Å². The number of methoxy groups -OCH3 is 1. The van der Waals surface area contributed by atoms with Gasteiger partial charge in [-0.25, -0.2) is 4.39 Å². The minimum absolute atomic E-state index is 0.140. The first-order chi connectivity index (χ1) is 12.2. The van der Waals surface area contributed by atoms with Crippen molar-refractivity contribution in [3.05, 3.63) is 65.9 Å². The predicted octanol–water partition coefficient (Wildman–Crippen LogP) is 3.38. The van der Waals surface area contributed by atoms with E-state index in [-0.39, 0.29) is 11.7 Å². The standard InChI is InChI=1S/C19H20FN3O2/c1-25-10-4-9-23(13-16-5-2-3-8-21-16)19(24)18-12-14-11-15(20)6-7-17(14)22-18/h2-3,5-8,11-12,22H,4,9-10,13H2,1H3. The third-order valence-electron chi connectivity index (χ3n) is 3.96. The number of halogens is 1. The Kier molecular flexibility index (Phi) is 5.40. The highest BCUT2D eigenvalue weighted by Gasteiger charge is 2.18. The van der Waals surface area contributed by atoms with E-state index in [0.29, 0.717) is 30.8 Å². The van der Waals surface area contributed by atoms with Crippen molar-refractivity contribution in [1.29, 1.82) is 0 Å². The van der Waals surface area contributed by atoms with Gasteiger partial charge >= 0.3 is 0 Å². The Labute approximate surface area is 145 Å². The zero-order valence-electron chi connectivity index (χ0n) is 14.0. The highest BCUT2D eigenvalue weighted by molar-refractivity contribution is 5.98. The molecule has 0 saturated heterocycles. The van der Waals surface area contributed by atoms with Crippen LogP contribution in [-0.2, 0) is 11.3 Å². The van der Waals surface area contributed by atoms with Gasteiger partial charge in [0.05, 0.1) is 12.2 Å². The van der Waals surface area contributed by atoms with E-state index < -0.39 is 0 Å². The second kappa shape index (κ2) is 7.90. The van der Waals surface area contributed by atoms with Crippen LogP contribution >= 0.6 is 0 Å². The molecule has 130 valence electrons. The van der Waals surface area contributed by atoms with Crippen LogP contribution in [0.1, 0.15) is 22.6 Å². The summed E-state index contributed by atoms with van der Waals surface area (Å²) in [6.07, 6.45) is 2.43. The highest BCUT2D eigenvalue weighted by Crippen LogP contribution is 2.18. The molecule has 0 fully saturated rings. The van der Waals surface area contributed by atoms with E-state index in [1.54, 1.807) is 30.3 Å². The summed E-state index contributed by atoms with van der Waals surface area (Å²) >= 11 is 0. The van der Waals surface area contributed by atoms with Gasteiger partial charge in [-0.1, -0.05) is 6.07 Å². The van der Waals surface area contributed by atoms with Crippen LogP contribution < -0.4 is 0 Å². The quantitative estimate of drug-likeness (QED) is 0.670. The molecule has 3 rings (SSSR count). The van der Waals surface area contributed by atoms with Gasteiger partial charge in [-0.05, 0) is 42.8 Å². The minimum Gasteiger partial charge on any atom is -0.385 e. The Bertz CT molecular complexity index is 848. The summed E-state index contributed by atoms with van der Waals surface area (Å²) in [5.74, 6) is -0.464. The van der Waals surface area contributed by atoms with Gasteiger partial charge in [-0.3, -0.25) is 9.78 Å². The van der Waals surface area contributed by atoms with Crippen LogP contribution in [-0.4, -0.2) is 41.0 Å². The molecule has 5 nitrogen and oxygen atoms in total. The molecule has 2 heterocycles. The minimum atomic E-state index is -0.323. The van der Waals surface area contributed by atoms with Crippen molar-refractivity contribution in [3.8, 4) is 0 Å². The molecule has 6 heteroatoms. The Morgan fingerprint density at radius 2 is 2.16 bits per heavy atom. The third kappa shape index (κ3) is 4.22. The Morgan fingerprint density at radius 3 is 2.92 bits per heavy atom. The molecule has 0 bridgehead atoms. The average molecular weight is 341 g/mol. The van der Waals surface area contributed by atoms with Crippen LogP contribution in [0.5, 0.6) is 0 Å². The van der Waals surface area contributed by atoms with Gasteiger partial charge in [0.1, 0.15) is 11.5 Å². The van der Waals surface area contributed by atoms with Crippen molar-refractivity contribution in [2.24, 2.45) is 0 Å². The summed E-state index contributed by atoms with van der Waals surface area (Å²) in [5, 5.41) is 0.679. The van der Waals surface area contributed by atoms with Crippen molar-refractivity contribution in [1.82, 2.24) is 14.9 Å². The number of pyridine rings is 1. The summed E-state index contributed by atoms with van der Waals surface area (Å²) in [5.41, 5.74) is 1.99. The van der Waals surface area contributed by atoms with Gasteiger partial charge in [0.25, 0.3) is 5.91 Å². The molecule has 2 aromatic heterocycles. The fourth-order valence-corrected chi connectivity index (χ4v) is 2.73. The molecule has 0 aliphatic carbocycles. The first kappa shape index (κ1) is 17.1. The highest BCUT2D eigenvalue weighted by atomic mass is 19.1. The van der Waals surface area contributed by atoms with Gasteiger partial charge < -0.3 is 14.6 Å². The van der Waals surface area contributed by atoms with E-state index in [1.165, 1.54) is 12.1 Å². The number of aromatic amines is 1. The normalized spacial score (nSPS) is 11.0. The number of aromatic nitrogens is 2. The smallest absolute Gasteiger partial charge is 0.270 e.